The first-order valence-electron chi connectivity index (χ1n) is 24.7. The molecule has 18 nitrogen and oxygen atoms in total. The van der Waals surface area contributed by atoms with Crippen LogP contribution in [0.3, 0.4) is 0 Å². The lowest BCUT2D eigenvalue weighted by Gasteiger charge is -2.51. The van der Waals surface area contributed by atoms with E-state index in [4.69, 9.17) is 80.8 Å². The molecule has 2 saturated heterocycles. The number of ketones is 1. The zero-order chi connectivity index (χ0) is 56.0. The zero-order valence-corrected chi connectivity index (χ0v) is 48.5. The second kappa shape index (κ2) is 28.3. The topological polar surface area (TPSA) is 226 Å². The number of benzene rings is 4. The monoisotopic (exact) mass is 1180 g/mol. The summed E-state index contributed by atoms with van der Waals surface area (Å²) in [5.41, 5.74) is 12.0. The van der Waals surface area contributed by atoms with Gasteiger partial charge in [-0.1, -0.05) is 169 Å². The number of Topliss-reactive ketones (excluding diaryl/α,β-unsaturated/α-hetero) is 1. The number of aryl methyl sites for hydroxylation is 1. The number of nitrogens with zero attached hydrogens (tertiary/aromatic N) is 3. The number of halogens is 3. The number of alkyl halides is 3. The summed E-state index contributed by atoms with van der Waals surface area (Å²) in [6.45, 7) is 10.9. The number of azide groups is 1. The third kappa shape index (κ3) is 19.0. The SMILES string of the molecule is CC(=O)CCC(=O)OC[C@@H]1O[C@@H](Sc2ccc(C)cc2)[C@H](OC(=O)c2ccccc2)[C@@H](OCc2ccccc2)[C@@H]1O[C@H]1O[C@H](COS(=O)(=O)OCC(Cl)(Cl)Cl)[C@@H](O[Si](C)(C)C(C)(C)C)[C@H](OCc2ccccc2)[C@H]1N=[N+]=[N-]. The van der Waals surface area contributed by atoms with E-state index < -0.39 is 120 Å². The van der Waals surface area contributed by atoms with Crippen LogP contribution in [0.2, 0.25) is 18.1 Å². The van der Waals surface area contributed by atoms with Gasteiger partial charge in [-0.2, -0.15) is 8.42 Å². The Morgan fingerprint density at radius 2 is 1.31 bits per heavy atom. The summed E-state index contributed by atoms with van der Waals surface area (Å²) < 4.78 is 88.5. The van der Waals surface area contributed by atoms with Gasteiger partial charge in [0.1, 0.15) is 61.0 Å². The van der Waals surface area contributed by atoms with E-state index in [1.165, 1.54) is 18.7 Å². The molecule has 0 saturated carbocycles. The van der Waals surface area contributed by atoms with E-state index in [1.54, 1.807) is 30.3 Å². The second-order valence-electron chi connectivity index (χ2n) is 19.9. The van der Waals surface area contributed by atoms with Crippen LogP contribution in [0.25, 0.3) is 10.4 Å². The molecule has 2 aliphatic rings. The Morgan fingerprint density at radius 1 is 0.740 bits per heavy atom. The molecule has 4 aromatic carbocycles. The number of thioether (sulfide) groups is 1. The Balaban J connectivity index is 1.52. The number of esters is 2. The van der Waals surface area contributed by atoms with Crippen LogP contribution in [0, 0.1) is 6.92 Å². The molecule has 0 unspecified atom stereocenters. The number of hydrogen-bond acceptors (Lipinski definition) is 17. The average molecular weight is 1180 g/mol. The van der Waals surface area contributed by atoms with Gasteiger partial charge >= 0.3 is 22.3 Å². The van der Waals surface area contributed by atoms with E-state index in [9.17, 15) is 28.3 Å². The van der Waals surface area contributed by atoms with Gasteiger partial charge in [-0.05, 0) is 72.9 Å². The Labute approximate surface area is 470 Å². The van der Waals surface area contributed by atoms with Gasteiger partial charge in [-0.25, -0.2) is 13.2 Å². The lowest BCUT2D eigenvalue weighted by Crippen LogP contribution is -2.66. The first kappa shape index (κ1) is 62.1. The van der Waals surface area contributed by atoms with Crippen LogP contribution in [0.4, 0.5) is 0 Å². The molecule has 77 heavy (non-hydrogen) atoms. The van der Waals surface area contributed by atoms with Gasteiger partial charge < -0.3 is 42.4 Å². The van der Waals surface area contributed by atoms with Crippen LogP contribution < -0.4 is 0 Å². The summed E-state index contributed by atoms with van der Waals surface area (Å²) in [7, 11) is -7.80. The highest BCUT2D eigenvalue weighted by Gasteiger charge is 2.56. The molecule has 0 spiro atoms. The van der Waals surface area contributed by atoms with Crippen molar-refractivity contribution in [2.24, 2.45) is 5.11 Å². The summed E-state index contributed by atoms with van der Waals surface area (Å²) in [5.74, 6) is -1.68. The Hall–Kier alpha value is -4.13. The summed E-state index contributed by atoms with van der Waals surface area (Å²) in [6, 6.07) is 32.7. The van der Waals surface area contributed by atoms with Crippen molar-refractivity contribution in [3.05, 3.63) is 148 Å². The first-order chi connectivity index (χ1) is 36.4. The lowest BCUT2D eigenvalue weighted by molar-refractivity contribution is -0.320. The highest BCUT2D eigenvalue weighted by Crippen LogP contribution is 2.43. The third-order valence-corrected chi connectivity index (χ3v) is 19.6. The van der Waals surface area contributed by atoms with Crippen molar-refractivity contribution in [1.29, 1.82) is 0 Å². The molecular formula is C53H64Cl3N3O15S2Si. The minimum absolute atomic E-state index is 0.0606. The van der Waals surface area contributed by atoms with Crippen molar-refractivity contribution < 1.29 is 68.8 Å². The zero-order valence-electron chi connectivity index (χ0n) is 43.6. The predicted molar refractivity (Wildman–Crippen MR) is 292 cm³/mol. The number of rotatable bonds is 25. The van der Waals surface area contributed by atoms with Crippen LogP contribution >= 0.6 is 46.6 Å². The molecule has 2 aliphatic heterocycles. The normalized spacial score (nSPS) is 24.1. The van der Waals surface area contributed by atoms with Gasteiger partial charge in [0.2, 0.25) is 3.79 Å². The fourth-order valence-corrected chi connectivity index (χ4v) is 11.3. The van der Waals surface area contributed by atoms with Crippen molar-refractivity contribution >= 4 is 83.0 Å². The van der Waals surface area contributed by atoms with Gasteiger partial charge in [-0.3, -0.25) is 4.79 Å². The van der Waals surface area contributed by atoms with Crippen LogP contribution in [-0.2, 0) is 79.2 Å². The third-order valence-electron chi connectivity index (χ3n) is 12.8. The van der Waals surface area contributed by atoms with Gasteiger partial charge in [0.25, 0.3) is 0 Å². The predicted octanol–water partition coefficient (Wildman–Crippen LogP) is 10.9. The van der Waals surface area contributed by atoms with Crippen LogP contribution in [0.5, 0.6) is 0 Å². The largest absolute Gasteiger partial charge is 0.463 e. The van der Waals surface area contributed by atoms with Gasteiger partial charge in [0, 0.05) is 16.2 Å². The van der Waals surface area contributed by atoms with Gasteiger partial charge in [0.05, 0.1) is 37.9 Å². The van der Waals surface area contributed by atoms with E-state index in [1.807, 2.05) is 126 Å². The Kier molecular flexibility index (Phi) is 22.8. The molecule has 2 fully saturated rings. The fraction of sp³-hybridized carbons (Fsp3) is 0.491. The molecule has 0 aromatic heterocycles. The molecule has 0 amide bonds. The number of carbonyl (C=O) groups excluding carboxylic acids is 3. The van der Waals surface area contributed by atoms with E-state index in [2.05, 4.69) is 10.0 Å². The van der Waals surface area contributed by atoms with Crippen molar-refractivity contribution in [1.82, 2.24) is 0 Å². The molecule has 24 heteroatoms. The van der Waals surface area contributed by atoms with E-state index >= 15 is 0 Å². The lowest BCUT2D eigenvalue weighted by atomic mass is 9.95. The molecule has 10 atom stereocenters. The molecular weight excluding hydrogens is 1120 g/mol. The Morgan fingerprint density at radius 3 is 1.87 bits per heavy atom. The van der Waals surface area contributed by atoms with Crippen molar-refractivity contribution in [2.75, 3.05) is 19.8 Å². The number of carbonyl (C=O) groups is 3. The molecule has 2 heterocycles. The van der Waals surface area contributed by atoms with Gasteiger partial charge in [0.15, 0.2) is 20.7 Å². The van der Waals surface area contributed by atoms with Gasteiger partial charge in [-0.15, -0.1) is 0 Å². The highest BCUT2D eigenvalue weighted by atomic mass is 35.6. The maximum Gasteiger partial charge on any atom is 0.400 e. The van der Waals surface area contributed by atoms with E-state index in [0.717, 1.165) is 21.6 Å². The highest BCUT2D eigenvalue weighted by molar-refractivity contribution is 7.99. The fourth-order valence-electron chi connectivity index (χ4n) is 7.81. The van der Waals surface area contributed by atoms with Crippen molar-refractivity contribution in [2.45, 2.75) is 148 Å². The number of hydrogen-bond donors (Lipinski definition) is 0. The molecule has 0 bridgehead atoms. The molecule has 6 rings (SSSR count). The molecule has 0 aliphatic carbocycles. The summed E-state index contributed by atoms with van der Waals surface area (Å²) >= 11 is 18.8. The summed E-state index contributed by atoms with van der Waals surface area (Å²) in [5, 5.41) is 3.79. The van der Waals surface area contributed by atoms with Crippen LogP contribution in [0.15, 0.2) is 125 Å². The average Bonchev–Trinajstić information content (AvgIpc) is 3.39. The van der Waals surface area contributed by atoms with Crippen LogP contribution in [0.1, 0.15) is 67.6 Å². The summed E-state index contributed by atoms with van der Waals surface area (Å²) in [4.78, 5) is 43.6. The minimum Gasteiger partial charge on any atom is -0.463 e. The first-order valence-corrected chi connectivity index (χ1v) is 30.9. The maximum absolute atomic E-state index is 14.3. The van der Waals surface area contributed by atoms with Crippen molar-refractivity contribution in [3.8, 4) is 0 Å². The van der Waals surface area contributed by atoms with Crippen molar-refractivity contribution in [3.63, 3.8) is 0 Å². The maximum atomic E-state index is 14.3. The molecule has 4 aromatic rings. The smallest absolute Gasteiger partial charge is 0.400 e. The molecule has 0 N–H and O–H groups in total. The van der Waals surface area contributed by atoms with E-state index in [-0.39, 0.29) is 37.4 Å². The summed E-state index contributed by atoms with van der Waals surface area (Å²) in [6.07, 6.45) is -11.3. The standard InChI is InChI=1S/C53H64Cl3N3O15S2Si/c1-34-23-26-39(27-24-34)75-51-48(72-49(62)38-21-15-10-16-22-38)47(67-30-37-19-13-9-14-20-37)44(40(71-51)31-65-42(61)28-25-35(2)60)73-50-43(58-59-57)46(66-29-36-17-11-8-12-18-36)45(74-77(6,7)52(3,4)5)41(70-50)32-68-76(63,64)69-33-53(54,55)56/h8-24,26-27,40-41,43-48,50-51H,25,28-33H2,1-7H3/t40-,41+,43+,44+,45+,46+,47-,48+,50+,51-/m0/s1. The quantitative estimate of drug-likeness (QED) is 0.0150. The number of ether oxygens (including phenoxy) is 7. The molecule has 418 valence electrons. The Bertz CT molecular complexity index is 2710. The second-order valence-corrected chi connectivity index (χ2v) is 29.6. The van der Waals surface area contributed by atoms with E-state index in [0.29, 0.717) is 0 Å². The molecule has 0 radical (unpaired) electrons. The van der Waals surface area contributed by atoms with Crippen LogP contribution in [-0.4, -0.2) is 119 Å². The minimum atomic E-state index is -4.91.